The minimum atomic E-state index is -0.504. The van der Waals surface area contributed by atoms with Crippen LogP contribution in [0.3, 0.4) is 0 Å². The Balaban J connectivity index is 0.00000225. The first-order valence-electron chi connectivity index (χ1n) is 4.78. The SMILES string of the molecule is COCc1cccc(NC(=O)[C@@H](C)N)c1.Cl. The number of hydrogen-bond donors (Lipinski definition) is 2. The summed E-state index contributed by atoms with van der Waals surface area (Å²) < 4.78 is 5.00. The van der Waals surface area contributed by atoms with Crippen molar-refractivity contribution in [1.82, 2.24) is 0 Å². The molecule has 0 spiro atoms. The van der Waals surface area contributed by atoms with Crippen molar-refractivity contribution in [2.45, 2.75) is 19.6 Å². The van der Waals surface area contributed by atoms with E-state index in [1.54, 1.807) is 14.0 Å². The van der Waals surface area contributed by atoms with Gasteiger partial charge < -0.3 is 15.8 Å². The van der Waals surface area contributed by atoms with Gasteiger partial charge in [-0.2, -0.15) is 0 Å². The maximum atomic E-state index is 11.3. The monoisotopic (exact) mass is 244 g/mol. The number of benzene rings is 1. The number of carbonyl (C=O) groups is 1. The zero-order valence-corrected chi connectivity index (χ0v) is 10.2. The van der Waals surface area contributed by atoms with Crippen LogP contribution in [0.25, 0.3) is 0 Å². The molecule has 0 saturated heterocycles. The second-order valence-corrected chi connectivity index (χ2v) is 3.41. The van der Waals surface area contributed by atoms with Gasteiger partial charge in [0.15, 0.2) is 0 Å². The summed E-state index contributed by atoms with van der Waals surface area (Å²) in [6.45, 7) is 2.18. The molecule has 0 fully saturated rings. The predicted molar refractivity (Wildman–Crippen MR) is 66.7 cm³/mol. The van der Waals surface area contributed by atoms with Crippen LogP contribution >= 0.6 is 12.4 Å². The molecule has 5 heteroatoms. The molecular weight excluding hydrogens is 228 g/mol. The fourth-order valence-corrected chi connectivity index (χ4v) is 1.16. The molecule has 0 aliphatic heterocycles. The van der Waals surface area contributed by atoms with E-state index in [2.05, 4.69) is 5.32 Å². The van der Waals surface area contributed by atoms with Gasteiger partial charge in [-0.3, -0.25) is 4.79 Å². The third kappa shape index (κ3) is 4.61. The lowest BCUT2D eigenvalue weighted by molar-refractivity contribution is -0.117. The Morgan fingerprint density at radius 3 is 2.81 bits per heavy atom. The van der Waals surface area contributed by atoms with E-state index in [4.69, 9.17) is 10.5 Å². The number of halogens is 1. The van der Waals surface area contributed by atoms with Crippen molar-refractivity contribution in [3.63, 3.8) is 0 Å². The van der Waals surface area contributed by atoms with Crippen LogP contribution in [0, 0.1) is 0 Å². The van der Waals surface area contributed by atoms with Gasteiger partial charge in [0, 0.05) is 12.8 Å². The summed E-state index contributed by atoms with van der Waals surface area (Å²) in [6.07, 6.45) is 0. The maximum Gasteiger partial charge on any atom is 0.240 e. The van der Waals surface area contributed by atoms with E-state index in [1.807, 2.05) is 24.3 Å². The van der Waals surface area contributed by atoms with Crippen LogP contribution < -0.4 is 11.1 Å². The van der Waals surface area contributed by atoms with E-state index in [0.29, 0.717) is 6.61 Å². The highest BCUT2D eigenvalue weighted by atomic mass is 35.5. The molecular formula is C11H17ClN2O2. The van der Waals surface area contributed by atoms with E-state index in [0.717, 1.165) is 11.3 Å². The lowest BCUT2D eigenvalue weighted by Crippen LogP contribution is -2.32. The standard InChI is InChI=1S/C11H16N2O2.ClH/c1-8(12)11(14)13-10-5-3-4-9(6-10)7-15-2;/h3-6,8H,7,12H2,1-2H3,(H,13,14);1H/t8-;/m1./s1. The molecule has 0 aliphatic carbocycles. The number of nitrogens with two attached hydrogens (primary N) is 1. The summed E-state index contributed by atoms with van der Waals surface area (Å²) >= 11 is 0. The van der Waals surface area contributed by atoms with Gasteiger partial charge in [0.2, 0.25) is 5.91 Å². The van der Waals surface area contributed by atoms with Crippen molar-refractivity contribution in [3.8, 4) is 0 Å². The van der Waals surface area contributed by atoms with Crippen molar-refractivity contribution in [3.05, 3.63) is 29.8 Å². The van der Waals surface area contributed by atoms with Crippen LogP contribution in [-0.4, -0.2) is 19.1 Å². The number of nitrogens with one attached hydrogen (secondary N) is 1. The van der Waals surface area contributed by atoms with Crippen LogP contribution in [0.15, 0.2) is 24.3 Å². The zero-order chi connectivity index (χ0) is 11.3. The van der Waals surface area contributed by atoms with Gasteiger partial charge in [-0.25, -0.2) is 0 Å². The minimum absolute atomic E-state index is 0. The molecule has 0 unspecified atom stereocenters. The quantitative estimate of drug-likeness (QED) is 0.845. The molecule has 16 heavy (non-hydrogen) atoms. The Morgan fingerprint density at radius 2 is 2.25 bits per heavy atom. The Bertz CT molecular complexity index is 343. The molecule has 90 valence electrons. The molecule has 1 aromatic carbocycles. The van der Waals surface area contributed by atoms with E-state index in [-0.39, 0.29) is 18.3 Å². The second kappa shape index (κ2) is 7.22. The number of hydrogen-bond acceptors (Lipinski definition) is 3. The molecule has 0 heterocycles. The van der Waals surface area contributed by atoms with Crippen molar-refractivity contribution in [1.29, 1.82) is 0 Å². The van der Waals surface area contributed by atoms with Gasteiger partial charge in [-0.15, -0.1) is 12.4 Å². The third-order valence-corrected chi connectivity index (χ3v) is 1.92. The van der Waals surface area contributed by atoms with Gasteiger partial charge in [-0.05, 0) is 24.6 Å². The van der Waals surface area contributed by atoms with Crippen molar-refractivity contribution in [2.24, 2.45) is 5.73 Å². The molecule has 3 N–H and O–H groups in total. The highest BCUT2D eigenvalue weighted by molar-refractivity contribution is 5.94. The van der Waals surface area contributed by atoms with Crippen LogP contribution in [0.4, 0.5) is 5.69 Å². The average molecular weight is 245 g/mol. The molecule has 1 amide bonds. The number of amides is 1. The fraction of sp³-hybridized carbons (Fsp3) is 0.364. The van der Waals surface area contributed by atoms with Crippen LogP contribution in [-0.2, 0) is 16.1 Å². The zero-order valence-electron chi connectivity index (χ0n) is 9.40. The molecule has 0 saturated carbocycles. The summed E-state index contributed by atoms with van der Waals surface area (Å²) in [4.78, 5) is 11.3. The van der Waals surface area contributed by atoms with Gasteiger partial charge in [0.1, 0.15) is 0 Å². The number of anilines is 1. The normalized spacial score (nSPS) is 11.4. The van der Waals surface area contributed by atoms with E-state index in [1.165, 1.54) is 0 Å². The molecule has 1 atom stereocenters. The average Bonchev–Trinajstić information content (AvgIpc) is 2.18. The first-order chi connectivity index (χ1) is 7.13. The smallest absolute Gasteiger partial charge is 0.240 e. The summed E-state index contributed by atoms with van der Waals surface area (Å²) in [5.41, 5.74) is 7.20. The number of ether oxygens (including phenoxy) is 1. The molecule has 1 aromatic rings. The number of carbonyl (C=O) groups excluding carboxylic acids is 1. The Hall–Kier alpha value is -1.10. The number of methoxy groups -OCH3 is 1. The summed E-state index contributed by atoms with van der Waals surface area (Å²) in [5, 5.41) is 2.72. The Kier molecular flexibility index (Phi) is 6.72. The van der Waals surface area contributed by atoms with E-state index >= 15 is 0 Å². The minimum Gasteiger partial charge on any atom is -0.380 e. The Labute approximate surface area is 102 Å². The molecule has 0 bridgehead atoms. The van der Waals surface area contributed by atoms with Crippen LogP contribution in [0.5, 0.6) is 0 Å². The lowest BCUT2D eigenvalue weighted by atomic mass is 10.2. The van der Waals surface area contributed by atoms with Gasteiger partial charge >= 0.3 is 0 Å². The second-order valence-electron chi connectivity index (χ2n) is 3.41. The van der Waals surface area contributed by atoms with Crippen LogP contribution in [0.2, 0.25) is 0 Å². The van der Waals surface area contributed by atoms with Gasteiger partial charge in [-0.1, -0.05) is 12.1 Å². The molecule has 1 rings (SSSR count). The Morgan fingerprint density at radius 1 is 1.56 bits per heavy atom. The molecule has 0 radical (unpaired) electrons. The molecule has 0 aromatic heterocycles. The van der Waals surface area contributed by atoms with Crippen molar-refractivity contribution in [2.75, 3.05) is 12.4 Å². The largest absolute Gasteiger partial charge is 0.380 e. The van der Waals surface area contributed by atoms with Crippen LogP contribution in [0.1, 0.15) is 12.5 Å². The molecule has 0 aliphatic rings. The van der Waals surface area contributed by atoms with Crippen molar-refractivity contribution < 1.29 is 9.53 Å². The van der Waals surface area contributed by atoms with Crippen molar-refractivity contribution >= 4 is 24.0 Å². The van der Waals surface area contributed by atoms with Gasteiger partial charge in [0.25, 0.3) is 0 Å². The molecule has 4 nitrogen and oxygen atoms in total. The van der Waals surface area contributed by atoms with E-state index in [9.17, 15) is 4.79 Å². The fourth-order valence-electron chi connectivity index (χ4n) is 1.16. The summed E-state index contributed by atoms with van der Waals surface area (Å²) in [6, 6.07) is 6.98. The predicted octanol–water partition coefficient (Wildman–Crippen LogP) is 1.54. The maximum absolute atomic E-state index is 11.3. The third-order valence-electron chi connectivity index (χ3n) is 1.92. The highest BCUT2D eigenvalue weighted by Gasteiger charge is 2.07. The van der Waals surface area contributed by atoms with E-state index < -0.39 is 6.04 Å². The highest BCUT2D eigenvalue weighted by Crippen LogP contribution is 2.11. The van der Waals surface area contributed by atoms with Gasteiger partial charge in [0.05, 0.1) is 12.6 Å². The lowest BCUT2D eigenvalue weighted by Gasteiger charge is -2.08. The first-order valence-corrected chi connectivity index (χ1v) is 4.78. The summed E-state index contributed by atoms with van der Waals surface area (Å²) in [5.74, 6) is -0.190. The first kappa shape index (κ1) is 14.9. The topological polar surface area (TPSA) is 64.3 Å². The summed E-state index contributed by atoms with van der Waals surface area (Å²) in [7, 11) is 1.63. The number of rotatable bonds is 4.